The molecule has 22 heavy (non-hydrogen) atoms. The van der Waals surface area contributed by atoms with E-state index in [4.69, 9.17) is 0 Å². The summed E-state index contributed by atoms with van der Waals surface area (Å²) in [6, 6.07) is 11.2. The van der Waals surface area contributed by atoms with Gasteiger partial charge in [-0.1, -0.05) is 30.3 Å². The van der Waals surface area contributed by atoms with Gasteiger partial charge in [-0.2, -0.15) is 0 Å². The van der Waals surface area contributed by atoms with Crippen LogP contribution in [0.5, 0.6) is 0 Å². The number of nitrogens with one attached hydrogen (secondary N) is 1. The Balaban J connectivity index is 1.95. The van der Waals surface area contributed by atoms with E-state index in [1.807, 2.05) is 30.3 Å². The van der Waals surface area contributed by atoms with E-state index in [-0.39, 0.29) is 6.04 Å². The number of benzene rings is 2. The first-order valence-electron chi connectivity index (χ1n) is 6.97. The first-order valence-corrected chi connectivity index (χ1v) is 6.97. The van der Waals surface area contributed by atoms with Gasteiger partial charge in [-0.15, -0.1) is 0 Å². The van der Waals surface area contributed by atoms with E-state index >= 15 is 0 Å². The Bertz CT molecular complexity index is 658. The zero-order valence-electron chi connectivity index (χ0n) is 12.1. The van der Waals surface area contributed by atoms with Gasteiger partial charge in [0.2, 0.25) is 0 Å². The number of amides is 1. The standard InChI is InChI=1S/C17H16F3NO/c1-11(7-8-12-5-3-2-4-6-12)21-17(22)13-9-10-14(18)16(20)15(13)19/h2-6,9-11H,7-8H2,1H3,(H,21,22)/t11-/m1/s1. The molecular formula is C17H16F3NO. The lowest BCUT2D eigenvalue weighted by molar-refractivity contribution is 0.0933. The molecule has 0 bridgehead atoms. The summed E-state index contributed by atoms with van der Waals surface area (Å²) in [5.74, 6) is -5.17. The van der Waals surface area contributed by atoms with Crippen LogP contribution in [0.4, 0.5) is 13.2 Å². The fourth-order valence-corrected chi connectivity index (χ4v) is 2.10. The van der Waals surface area contributed by atoms with E-state index in [2.05, 4.69) is 5.32 Å². The monoisotopic (exact) mass is 307 g/mol. The van der Waals surface area contributed by atoms with Crippen LogP contribution < -0.4 is 5.32 Å². The normalized spacial score (nSPS) is 12.0. The molecule has 0 aliphatic heterocycles. The minimum absolute atomic E-state index is 0.222. The van der Waals surface area contributed by atoms with Crippen molar-refractivity contribution in [1.82, 2.24) is 5.32 Å². The van der Waals surface area contributed by atoms with Crippen molar-refractivity contribution in [3.05, 3.63) is 71.0 Å². The minimum Gasteiger partial charge on any atom is -0.349 e. The number of hydrogen-bond donors (Lipinski definition) is 1. The quantitative estimate of drug-likeness (QED) is 0.835. The van der Waals surface area contributed by atoms with Gasteiger partial charge in [0.15, 0.2) is 17.5 Å². The van der Waals surface area contributed by atoms with Gasteiger partial charge in [0.25, 0.3) is 5.91 Å². The third kappa shape index (κ3) is 3.87. The van der Waals surface area contributed by atoms with E-state index < -0.39 is 28.9 Å². The zero-order chi connectivity index (χ0) is 16.1. The van der Waals surface area contributed by atoms with E-state index in [0.717, 1.165) is 24.1 Å². The Labute approximate surface area is 127 Å². The van der Waals surface area contributed by atoms with Crippen molar-refractivity contribution in [3.63, 3.8) is 0 Å². The SMILES string of the molecule is C[C@H](CCc1ccccc1)NC(=O)c1ccc(F)c(F)c1F. The van der Waals surface area contributed by atoms with E-state index in [1.165, 1.54) is 0 Å². The van der Waals surface area contributed by atoms with Gasteiger partial charge in [-0.3, -0.25) is 4.79 Å². The molecule has 0 saturated heterocycles. The van der Waals surface area contributed by atoms with Gasteiger partial charge in [-0.25, -0.2) is 13.2 Å². The molecule has 0 heterocycles. The molecule has 0 spiro atoms. The van der Waals surface area contributed by atoms with Crippen LogP contribution in [0, 0.1) is 17.5 Å². The summed E-state index contributed by atoms with van der Waals surface area (Å²) in [6.07, 6.45) is 1.41. The highest BCUT2D eigenvalue weighted by Gasteiger charge is 2.19. The van der Waals surface area contributed by atoms with Gasteiger partial charge in [0, 0.05) is 6.04 Å². The number of hydrogen-bond acceptors (Lipinski definition) is 1. The molecule has 0 aromatic heterocycles. The highest BCUT2D eigenvalue weighted by Crippen LogP contribution is 2.15. The molecule has 0 unspecified atom stereocenters. The number of rotatable bonds is 5. The van der Waals surface area contributed by atoms with Crippen LogP contribution in [0.15, 0.2) is 42.5 Å². The highest BCUT2D eigenvalue weighted by atomic mass is 19.2. The maximum absolute atomic E-state index is 13.5. The molecule has 5 heteroatoms. The molecule has 0 radical (unpaired) electrons. The predicted molar refractivity (Wildman–Crippen MR) is 78.0 cm³/mol. The van der Waals surface area contributed by atoms with E-state index in [1.54, 1.807) is 6.92 Å². The Kier molecular flexibility index (Phi) is 5.20. The number of halogens is 3. The van der Waals surface area contributed by atoms with Crippen LogP contribution in [-0.4, -0.2) is 11.9 Å². The Morgan fingerprint density at radius 2 is 1.73 bits per heavy atom. The minimum atomic E-state index is -1.63. The second-order valence-corrected chi connectivity index (χ2v) is 5.12. The third-order valence-corrected chi connectivity index (χ3v) is 3.37. The number of carbonyl (C=O) groups excluding carboxylic acids is 1. The van der Waals surface area contributed by atoms with Crippen molar-refractivity contribution in [2.24, 2.45) is 0 Å². The molecule has 1 atom stereocenters. The maximum atomic E-state index is 13.5. The summed E-state index contributed by atoms with van der Waals surface area (Å²) < 4.78 is 39.5. The molecule has 0 saturated carbocycles. The first kappa shape index (κ1) is 16.1. The van der Waals surface area contributed by atoms with Gasteiger partial charge < -0.3 is 5.32 Å². The summed E-state index contributed by atoms with van der Waals surface area (Å²) in [5.41, 5.74) is 0.632. The Morgan fingerprint density at radius 3 is 2.41 bits per heavy atom. The van der Waals surface area contributed by atoms with Crippen molar-refractivity contribution in [2.45, 2.75) is 25.8 Å². The van der Waals surface area contributed by atoms with E-state index in [0.29, 0.717) is 6.42 Å². The first-order chi connectivity index (χ1) is 10.5. The molecule has 2 aromatic carbocycles. The van der Waals surface area contributed by atoms with Gasteiger partial charge in [0.05, 0.1) is 5.56 Å². The van der Waals surface area contributed by atoms with Crippen LogP contribution in [-0.2, 0) is 6.42 Å². The molecule has 1 N–H and O–H groups in total. The highest BCUT2D eigenvalue weighted by molar-refractivity contribution is 5.94. The van der Waals surface area contributed by atoms with Gasteiger partial charge >= 0.3 is 0 Å². The molecule has 0 aliphatic rings. The second-order valence-electron chi connectivity index (χ2n) is 5.12. The lowest BCUT2D eigenvalue weighted by Crippen LogP contribution is -2.33. The molecule has 0 aliphatic carbocycles. The van der Waals surface area contributed by atoms with Gasteiger partial charge in [-0.05, 0) is 37.5 Å². The van der Waals surface area contributed by atoms with Crippen LogP contribution in [0.2, 0.25) is 0 Å². The molecule has 2 rings (SSSR count). The topological polar surface area (TPSA) is 29.1 Å². The van der Waals surface area contributed by atoms with Crippen LogP contribution in [0.3, 0.4) is 0 Å². The molecule has 1 amide bonds. The van der Waals surface area contributed by atoms with Crippen molar-refractivity contribution in [1.29, 1.82) is 0 Å². The maximum Gasteiger partial charge on any atom is 0.254 e. The van der Waals surface area contributed by atoms with Crippen molar-refractivity contribution in [3.8, 4) is 0 Å². The molecular weight excluding hydrogens is 291 g/mol. The number of aryl methyl sites for hydroxylation is 1. The van der Waals surface area contributed by atoms with Crippen LogP contribution in [0.25, 0.3) is 0 Å². The summed E-state index contributed by atoms with van der Waals surface area (Å²) in [6.45, 7) is 1.78. The van der Waals surface area contributed by atoms with Crippen molar-refractivity contribution < 1.29 is 18.0 Å². The van der Waals surface area contributed by atoms with Crippen molar-refractivity contribution >= 4 is 5.91 Å². The summed E-state index contributed by atoms with van der Waals surface area (Å²) in [7, 11) is 0. The Hall–Kier alpha value is -2.30. The fraction of sp³-hybridized carbons (Fsp3) is 0.235. The second kappa shape index (κ2) is 7.11. The van der Waals surface area contributed by atoms with Crippen LogP contribution >= 0.6 is 0 Å². The van der Waals surface area contributed by atoms with Gasteiger partial charge in [0.1, 0.15) is 0 Å². The zero-order valence-corrected chi connectivity index (χ0v) is 12.1. The Morgan fingerprint density at radius 1 is 1.05 bits per heavy atom. The summed E-state index contributed by atoms with van der Waals surface area (Å²) in [4.78, 5) is 11.9. The molecule has 116 valence electrons. The lowest BCUT2D eigenvalue weighted by atomic mass is 10.1. The average molecular weight is 307 g/mol. The third-order valence-electron chi connectivity index (χ3n) is 3.37. The molecule has 2 nitrogen and oxygen atoms in total. The molecule has 0 fully saturated rings. The number of carbonyl (C=O) groups is 1. The van der Waals surface area contributed by atoms with Crippen LogP contribution in [0.1, 0.15) is 29.3 Å². The fourth-order valence-electron chi connectivity index (χ4n) is 2.10. The lowest BCUT2D eigenvalue weighted by Gasteiger charge is -2.14. The summed E-state index contributed by atoms with van der Waals surface area (Å²) in [5, 5.41) is 2.59. The average Bonchev–Trinajstić information content (AvgIpc) is 2.51. The summed E-state index contributed by atoms with van der Waals surface area (Å²) >= 11 is 0. The molecule has 2 aromatic rings. The largest absolute Gasteiger partial charge is 0.349 e. The van der Waals surface area contributed by atoms with E-state index in [9.17, 15) is 18.0 Å². The predicted octanol–water partition coefficient (Wildman–Crippen LogP) is 3.86. The van der Waals surface area contributed by atoms with Crippen molar-refractivity contribution in [2.75, 3.05) is 0 Å². The smallest absolute Gasteiger partial charge is 0.254 e.